The summed E-state index contributed by atoms with van der Waals surface area (Å²) in [7, 11) is 0. The monoisotopic (exact) mass is 362 g/mol. The van der Waals surface area contributed by atoms with Gasteiger partial charge in [0.1, 0.15) is 12.7 Å². The first-order valence-electron chi connectivity index (χ1n) is 8.98. The minimum absolute atomic E-state index is 0.106. The average molecular weight is 362 g/mol. The Morgan fingerprint density at radius 2 is 1.04 bits per heavy atom. The van der Waals surface area contributed by atoms with Crippen molar-refractivity contribution in [1.29, 1.82) is 0 Å². The highest BCUT2D eigenvalue weighted by molar-refractivity contribution is 5.69. The van der Waals surface area contributed by atoms with Crippen molar-refractivity contribution in [1.82, 2.24) is 0 Å². The fourth-order valence-corrected chi connectivity index (χ4v) is 1.70. The molecule has 4 atom stereocenters. The van der Waals surface area contributed by atoms with Crippen LogP contribution in [0.25, 0.3) is 0 Å². The van der Waals surface area contributed by atoms with Crippen molar-refractivity contribution in [2.24, 2.45) is 0 Å². The summed E-state index contributed by atoms with van der Waals surface area (Å²) < 4.78 is 27.0. The predicted octanol–water partition coefficient (Wildman–Crippen LogP) is 2.50. The highest BCUT2D eigenvalue weighted by Crippen LogP contribution is 2.03. The molecule has 4 unspecified atom stereocenters. The van der Waals surface area contributed by atoms with Crippen molar-refractivity contribution >= 4 is 11.9 Å². The lowest BCUT2D eigenvalue weighted by molar-refractivity contribution is -0.152. The van der Waals surface area contributed by atoms with Gasteiger partial charge in [-0.1, -0.05) is 13.8 Å². The summed E-state index contributed by atoms with van der Waals surface area (Å²) in [6, 6.07) is 0. The summed E-state index contributed by atoms with van der Waals surface area (Å²) in [4.78, 5) is 22.2. The Morgan fingerprint density at radius 3 is 1.48 bits per heavy atom. The van der Waals surface area contributed by atoms with Crippen molar-refractivity contribution in [3.05, 3.63) is 0 Å². The Balaban J connectivity index is 3.77. The first-order valence-corrected chi connectivity index (χ1v) is 8.98. The molecule has 7 nitrogen and oxygen atoms in total. The number of carbonyl (C=O) groups excluding carboxylic acids is 2. The molecule has 0 fully saturated rings. The normalized spacial score (nSPS) is 15.9. The van der Waals surface area contributed by atoms with Crippen LogP contribution in [0.1, 0.15) is 54.4 Å². The summed E-state index contributed by atoms with van der Waals surface area (Å²) in [5.74, 6) is -0.464. The lowest BCUT2D eigenvalue weighted by atomic mass is 10.3. The smallest absolute Gasteiger partial charge is 0.305 e. The second kappa shape index (κ2) is 14.0. The van der Waals surface area contributed by atoms with Crippen molar-refractivity contribution < 1.29 is 33.3 Å². The summed E-state index contributed by atoms with van der Waals surface area (Å²) in [5.41, 5.74) is 0. The number of carbonyl (C=O) groups is 2. The van der Waals surface area contributed by atoms with Crippen LogP contribution in [0.3, 0.4) is 0 Å². The zero-order chi connectivity index (χ0) is 19.2. The van der Waals surface area contributed by atoms with Crippen LogP contribution in [0.2, 0.25) is 0 Å². The minimum Gasteiger partial charge on any atom is -0.463 e. The van der Waals surface area contributed by atoms with Gasteiger partial charge in [-0.15, -0.1) is 0 Å². The maximum atomic E-state index is 11.2. The molecular formula is C18H34O7. The maximum Gasteiger partial charge on any atom is 0.305 e. The number of ether oxygens (including phenoxy) is 5. The SMILES string of the molecule is CCC(=O)OCC(C)OCC(C)OCC(C)OCC(C)OC(=O)CC. The molecule has 0 saturated carbocycles. The van der Waals surface area contributed by atoms with E-state index in [9.17, 15) is 9.59 Å². The molecule has 0 heterocycles. The maximum absolute atomic E-state index is 11.2. The highest BCUT2D eigenvalue weighted by Gasteiger charge is 2.13. The second-order valence-electron chi connectivity index (χ2n) is 6.12. The van der Waals surface area contributed by atoms with E-state index in [1.165, 1.54) is 0 Å². The van der Waals surface area contributed by atoms with Crippen LogP contribution in [-0.4, -0.2) is 62.8 Å². The first kappa shape index (κ1) is 23.8. The molecule has 25 heavy (non-hydrogen) atoms. The third-order valence-corrected chi connectivity index (χ3v) is 3.24. The molecule has 0 radical (unpaired) electrons. The Bertz CT molecular complexity index is 372. The van der Waals surface area contributed by atoms with Gasteiger partial charge in [-0.2, -0.15) is 0 Å². The van der Waals surface area contributed by atoms with Gasteiger partial charge in [0, 0.05) is 12.8 Å². The van der Waals surface area contributed by atoms with Crippen molar-refractivity contribution in [2.75, 3.05) is 26.4 Å². The van der Waals surface area contributed by atoms with E-state index in [4.69, 9.17) is 23.7 Å². The Kier molecular flexibility index (Phi) is 13.4. The predicted molar refractivity (Wildman–Crippen MR) is 93.3 cm³/mol. The van der Waals surface area contributed by atoms with E-state index in [2.05, 4.69) is 0 Å². The molecule has 0 amide bonds. The van der Waals surface area contributed by atoms with E-state index in [1.807, 2.05) is 20.8 Å². The molecule has 148 valence electrons. The third-order valence-electron chi connectivity index (χ3n) is 3.24. The topological polar surface area (TPSA) is 80.3 Å². The molecule has 0 bridgehead atoms. The van der Waals surface area contributed by atoms with Gasteiger partial charge >= 0.3 is 11.9 Å². The van der Waals surface area contributed by atoms with Gasteiger partial charge in [-0.25, -0.2) is 0 Å². The third kappa shape index (κ3) is 13.8. The first-order chi connectivity index (χ1) is 11.8. The van der Waals surface area contributed by atoms with E-state index in [-0.39, 0.29) is 43.0 Å². The van der Waals surface area contributed by atoms with Crippen molar-refractivity contribution in [2.45, 2.75) is 78.8 Å². The Labute approximate surface area is 151 Å². The molecule has 0 aliphatic heterocycles. The van der Waals surface area contributed by atoms with Gasteiger partial charge in [0.25, 0.3) is 0 Å². The van der Waals surface area contributed by atoms with Gasteiger partial charge in [0.2, 0.25) is 0 Å². The fourth-order valence-electron chi connectivity index (χ4n) is 1.70. The van der Waals surface area contributed by atoms with Gasteiger partial charge < -0.3 is 23.7 Å². The van der Waals surface area contributed by atoms with E-state index in [0.29, 0.717) is 32.7 Å². The van der Waals surface area contributed by atoms with Gasteiger partial charge in [-0.05, 0) is 27.7 Å². The van der Waals surface area contributed by atoms with Gasteiger partial charge in [0.15, 0.2) is 0 Å². The molecule has 0 aliphatic rings. The van der Waals surface area contributed by atoms with E-state index < -0.39 is 0 Å². The van der Waals surface area contributed by atoms with Crippen LogP contribution in [0.5, 0.6) is 0 Å². The largest absolute Gasteiger partial charge is 0.463 e. The summed E-state index contributed by atoms with van der Waals surface area (Å²) in [5, 5.41) is 0. The quantitative estimate of drug-likeness (QED) is 0.439. The lowest BCUT2D eigenvalue weighted by Gasteiger charge is -2.21. The van der Waals surface area contributed by atoms with E-state index >= 15 is 0 Å². The standard InChI is InChI=1S/C18H34O7/c1-7-17(19)24-11-15(5)22-9-13(3)21-10-14(4)23-12-16(6)25-18(20)8-2/h13-16H,7-12H2,1-6H3. The van der Waals surface area contributed by atoms with Gasteiger partial charge in [-0.3, -0.25) is 9.59 Å². The molecule has 7 heteroatoms. The summed E-state index contributed by atoms with van der Waals surface area (Å²) in [6.45, 7) is 12.4. The molecule has 0 aromatic carbocycles. The Hall–Kier alpha value is -1.18. The van der Waals surface area contributed by atoms with Crippen LogP contribution in [0.4, 0.5) is 0 Å². The van der Waals surface area contributed by atoms with E-state index in [1.54, 1.807) is 20.8 Å². The molecule has 0 aliphatic carbocycles. The Morgan fingerprint density at radius 1 is 0.640 bits per heavy atom. The molecule has 0 N–H and O–H groups in total. The van der Waals surface area contributed by atoms with Crippen LogP contribution in [0.15, 0.2) is 0 Å². The highest BCUT2D eigenvalue weighted by atomic mass is 16.6. The molecule has 0 spiro atoms. The second-order valence-corrected chi connectivity index (χ2v) is 6.12. The summed E-state index contributed by atoms with van der Waals surface area (Å²) >= 11 is 0. The number of hydrogen-bond donors (Lipinski definition) is 0. The molecular weight excluding hydrogens is 328 g/mol. The molecule has 0 aromatic heterocycles. The average Bonchev–Trinajstić information content (AvgIpc) is 2.60. The van der Waals surface area contributed by atoms with Gasteiger partial charge in [0.05, 0.1) is 38.1 Å². The van der Waals surface area contributed by atoms with E-state index in [0.717, 1.165) is 0 Å². The van der Waals surface area contributed by atoms with Crippen LogP contribution in [0, 0.1) is 0 Å². The number of rotatable bonds is 14. The van der Waals surface area contributed by atoms with Crippen molar-refractivity contribution in [3.8, 4) is 0 Å². The fraction of sp³-hybridized carbons (Fsp3) is 0.889. The molecule has 0 aromatic rings. The minimum atomic E-state index is -0.276. The van der Waals surface area contributed by atoms with Crippen molar-refractivity contribution in [3.63, 3.8) is 0 Å². The molecule has 0 saturated heterocycles. The van der Waals surface area contributed by atoms with Crippen LogP contribution < -0.4 is 0 Å². The van der Waals surface area contributed by atoms with Crippen LogP contribution in [-0.2, 0) is 33.3 Å². The summed E-state index contributed by atoms with van der Waals surface area (Å²) in [6.07, 6.45) is 0.0438. The van der Waals surface area contributed by atoms with Crippen LogP contribution >= 0.6 is 0 Å². The molecule has 0 rings (SSSR count). The zero-order valence-corrected chi connectivity index (χ0v) is 16.4. The zero-order valence-electron chi connectivity index (χ0n) is 16.4. The number of esters is 2. The lowest BCUT2D eigenvalue weighted by Crippen LogP contribution is -2.29. The number of hydrogen-bond acceptors (Lipinski definition) is 7.